The Hall–Kier alpha value is -1.27. The van der Waals surface area contributed by atoms with Gasteiger partial charge in [-0.05, 0) is 65.4 Å². The van der Waals surface area contributed by atoms with Gasteiger partial charge >= 0.3 is 0 Å². The average Bonchev–Trinajstić information content (AvgIpc) is 2.35. The number of carbonyl (C=O) groups excluding carboxylic acids is 1. The smallest absolute Gasteiger partial charge is 0.259 e. The molecule has 1 amide bonds. The summed E-state index contributed by atoms with van der Waals surface area (Å²) < 4.78 is 0.871. The molecule has 0 saturated heterocycles. The molecule has 19 heavy (non-hydrogen) atoms. The maximum absolute atomic E-state index is 12.1. The Morgan fingerprint density at radius 2 is 2.00 bits per heavy atom. The second-order valence-corrected chi connectivity index (χ2v) is 5.75. The Labute approximate surface area is 129 Å². The minimum absolute atomic E-state index is 0.0545. The molecule has 0 bridgehead atoms. The van der Waals surface area contributed by atoms with Crippen LogP contribution in [-0.4, -0.2) is 11.0 Å². The molecule has 2 N–H and O–H groups in total. The number of hydrogen-bond acceptors (Lipinski definition) is 2. The van der Waals surface area contributed by atoms with Crippen molar-refractivity contribution in [2.45, 2.75) is 6.92 Å². The summed E-state index contributed by atoms with van der Waals surface area (Å²) in [6, 6.07) is 10.2. The first-order chi connectivity index (χ1) is 8.97. The largest absolute Gasteiger partial charge is 0.507 e. The maximum Gasteiger partial charge on any atom is 0.259 e. The Bertz CT molecular complexity index is 643. The van der Waals surface area contributed by atoms with Gasteiger partial charge in [0.05, 0.1) is 16.3 Å². The molecule has 2 aromatic rings. The van der Waals surface area contributed by atoms with Crippen molar-refractivity contribution in [2.75, 3.05) is 5.32 Å². The van der Waals surface area contributed by atoms with Gasteiger partial charge < -0.3 is 10.4 Å². The summed E-state index contributed by atoms with van der Waals surface area (Å²) in [5.74, 6) is -0.442. The lowest BCUT2D eigenvalue weighted by molar-refractivity contribution is 0.102. The van der Waals surface area contributed by atoms with Crippen molar-refractivity contribution >= 4 is 45.8 Å². The summed E-state index contributed by atoms with van der Waals surface area (Å²) in [5, 5.41) is 12.9. The number of aromatic hydroxyl groups is 1. The fraction of sp³-hybridized carbons (Fsp3) is 0.0714. The van der Waals surface area contributed by atoms with E-state index < -0.39 is 0 Å². The van der Waals surface area contributed by atoms with Crippen LogP contribution in [0.5, 0.6) is 5.75 Å². The van der Waals surface area contributed by atoms with Gasteiger partial charge in [0, 0.05) is 3.57 Å². The molecule has 0 heterocycles. The Morgan fingerprint density at radius 1 is 1.26 bits per heavy atom. The van der Waals surface area contributed by atoms with Crippen LogP contribution < -0.4 is 5.32 Å². The summed E-state index contributed by atoms with van der Waals surface area (Å²) >= 11 is 8.13. The molecular formula is C14H11ClINO2. The van der Waals surface area contributed by atoms with Crippen LogP contribution in [0.1, 0.15) is 15.9 Å². The van der Waals surface area contributed by atoms with Crippen LogP contribution in [0.4, 0.5) is 5.69 Å². The third kappa shape index (κ3) is 3.39. The van der Waals surface area contributed by atoms with Gasteiger partial charge in [-0.15, -0.1) is 0 Å². The van der Waals surface area contributed by atoms with Crippen LogP contribution in [0.3, 0.4) is 0 Å². The first-order valence-corrected chi connectivity index (χ1v) is 6.99. The SMILES string of the molecule is Cc1ccc(NC(=O)c2cc(I)ccc2O)c(Cl)c1. The second kappa shape index (κ2) is 5.79. The lowest BCUT2D eigenvalue weighted by Crippen LogP contribution is -2.12. The van der Waals surface area contributed by atoms with Crippen LogP contribution in [0.15, 0.2) is 36.4 Å². The number of nitrogens with one attached hydrogen (secondary N) is 1. The lowest BCUT2D eigenvalue weighted by Gasteiger charge is -2.09. The van der Waals surface area contributed by atoms with Crippen LogP contribution in [0, 0.1) is 10.5 Å². The van der Waals surface area contributed by atoms with Crippen LogP contribution in [-0.2, 0) is 0 Å². The topological polar surface area (TPSA) is 49.3 Å². The molecule has 0 spiro atoms. The second-order valence-electron chi connectivity index (χ2n) is 4.10. The van der Waals surface area contributed by atoms with Crippen molar-refractivity contribution in [3.8, 4) is 5.75 Å². The standard InChI is InChI=1S/C14H11ClINO2/c1-8-2-4-12(11(15)6-8)17-14(19)10-7-9(16)3-5-13(10)18/h2-7,18H,1H3,(H,17,19). The van der Waals surface area contributed by atoms with E-state index in [0.717, 1.165) is 9.13 Å². The highest BCUT2D eigenvalue weighted by molar-refractivity contribution is 14.1. The third-order valence-electron chi connectivity index (χ3n) is 2.58. The van der Waals surface area contributed by atoms with Crippen LogP contribution in [0.25, 0.3) is 0 Å². The van der Waals surface area contributed by atoms with E-state index in [9.17, 15) is 9.90 Å². The molecule has 0 unspecified atom stereocenters. The molecule has 0 radical (unpaired) electrons. The summed E-state index contributed by atoms with van der Waals surface area (Å²) in [4.78, 5) is 12.1. The van der Waals surface area contributed by atoms with Crippen LogP contribution >= 0.6 is 34.2 Å². The highest BCUT2D eigenvalue weighted by Gasteiger charge is 2.13. The molecule has 98 valence electrons. The molecule has 0 fully saturated rings. The van der Waals surface area contributed by atoms with Crippen molar-refractivity contribution in [2.24, 2.45) is 0 Å². The van der Waals surface area contributed by atoms with Gasteiger partial charge in [-0.3, -0.25) is 4.79 Å². The van der Waals surface area contributed by atoms with E-state index in [1.54, 1.807) is 24.3 Å². The zero-order valence-corrected chi connectivity index (χ0v) is 13.0. The van der Waals surface area contributed by atoms with Gasteiger partial charge in [-0.25, -0.2) is 0 Å². The van der Waals surface area contributed by atoms with Gasteiger partial charge in [-0.1, -0.05) is 17.7 Å². The Morgan fingerprint density at radius 3 is 2.68 bits per heavy atom. The average molecular weight is 388 g/mol. The Balaban J connectivity index is 2.28. The number of amides is 1. The van der Waals surface area contributed by atoms with Gasteiger partial charge in [0.2, 0.25) is 0 Å². The van der Waals surface area contributed by atoms with Crippen molar-refractivity contribution in [3.05, 3.63) is 56.1 Å². The maximum atomic E-state index is 12.1. The number of rotatable bonds is 2. The van der Waals surface area contributed by atoms with Gasteiger partial charge in [-0.2, -0.15) is 0 Å². The molecule has 0 saturated carbocycles. The predicted molar refractivity (Wildman–Crippen MR) is 85.0 cm³/mol. The molecule has 0 aliphatic heterocycles. The molecule has 2 rings (SSSR count). The quantitative estimate of drug-likeness (QED) is 0.758. The van der Waals surface area contributed by atoms with Crippen molar-refractivity contribution in [3.63, 3.8) is 0 Å². The number of anilines is 1. The van der Waals surface area contributed by atoms with Crippen molar-refractivity contribution in [1.29, 1.82) is 0 Å². The number of aryl methyl sites for hydroxylation is 1. The zero-order chi connectivity index (χ0) is 14.0. The molecule has 0 aliphatic carbocycles. The first kappa shape index (κ1) is 14.1. The normalized spacial score (nSPS) is 10.3. The monoisotopic (exact) mass is 387 g/mol. The minimum Gasteiger partial charge on any atom is -0.507 e. The minimum atomic E-state index is -0.387. The molecule has 2 aromatic carbocycles. The van der Waals surface area contributed by atoms with E-state index in [1.807, 2.05) is 13.0 Å². The predicted octanol–water partition coefficient (Wildman–Crippen LogP) is 4.21. The lowest BCUT2D eigenvalue weighted by atomic mass is 10.1. The number of benzene rings is 2. The highest BCUT2D eigenvalue weighted by Crippen LogP contribution is 2.25. The Kier molecular flexibility index (Phi) is 4.31. The fourth-order valence-corrected chi connectivity index (χ4v) is 2.37. The summed E-state index contributed by atoms with van der Waals surface area (Å²) in [6.45, 7) is 1.92. The van der Waals surface area contributed by atoms with Crippen LogP contribution in [0.2, 0.25) is 5.02 Å². The number of carbonyl (C=O) groups is 1. The number of phenolic OH excluding ortho intramolecular Hbond substituents is 1. The summed E-state index contributed by atoms with van der Waals surface area (Å²) in [6.07, 6.45) is 0. The van der Waals surface area contributed by atoms with E-state index in [0.29, 0.717) is 10.7 Å². The number of halogens is 2. The molecule has 5 heteroatoms. The van der Waals surface area contributed by atoms with Gasteiger partial charge in [0.15, 0.2) is 0 Å². The van der Waals surface area contributed by atoms with E-state index in [1.165, 1.54) is 6.07 Å². The zero-order valence-electron chi connectivity index (χ0n) is 10.1. The molecule has 3 nitrogen and oxygen atoms in total. The van der Waals surface area contributed by atoms with Gasteiger partial charge in [0.1, 0.15) is 5.75 Å². The fourth-order valence-electron chi connectivity index (χ4n) is 1.60. The van der Waals surface area contributed by atoms with E-state index in [2.05, 4.69) is 27.9 Å². The molecular weight excluding hydrogens is 377 g/mol. The highest BCUT2D eigenvalue weighted by atomic mass is 127. The number of hydrogen-bond donors (Lipinski definition) is 2. The van der Waals surface area contributed by atoms with Crippen molar-refractivity contribution in [1.82, 2.24) is 0 Å². The summed E-state index contributed by atoms with van der Waals surface area (Å²) in [5.41, 5.74) is 1.76. The molecule has 0 aliphatic rings. The van der Waals surface area contributed by atoms with E-state index in [4.69, 9.17) is 11.6 Å². The molecule has 0 aromatic heterocycles. The first-order valence-electron chi connectivity index (χ1n) is 5.53. The van der Waals surface area contributed by atoms with Gasteiger partial charge in [0.25, 0.3) is 5.91 Å². The summed E-state index contributed by atoms with van der Waals surface area (Å²) in [7, 11) is 0. The third-order valence-corrected chi connectivity index (χ3v) is 3.56. The number of phenols is 1. The van der Waals surface area contributed by atoms with E-state index >= 15 is 0 Å². The van der Waals surface area contributed by atoms with E-state index in [-0.39, 0.29) is 17.2 Å². The molecule has 0 atom stereocenters. The van der Waals surface area contributed by atoms with Crippen molar-refractivity contribution < 1.29 is 9.90 Å².